The summed E-state index contributed by atoms with van der Waals surface area (Å²) in [5, 5.41) is 31.6. The number of benzene rings is 5. The average molecular weight is 535 g/mol. The lowest BCUT2D eigenvalue weighted by molar-refractivity contribution is 0.886. The predicted molar refractivity (Wildman–Crippen MR) is 158 cm³/mol. The van der Waals surface area contributed by atoms with Crippen LogP contribution in [0.1, 0.15) is 48.2 Å². The lowest BCUT2D eigenvalue weighted by Crippen LogP contribution is -2.13. The molecule has 0 saturated heterocycles. The van der Waals surface area contributed by atoms with Crippen LogP contribution in [0.5, 0.6) is 0 Å². The summed E-state index contributed by atoms with van der Waals surface area (Å²) in [6, 6.07) is 32.4. The minimum Gasteiger partial charge on any atom is -0.376 e. The second kappa shape index (κ2) is 10.6. The highest BCUT2D eigenvalue weighted by atomic mass is 35.5. The molecule has 186 valence electrons. The van der Waals surface area contributed by atoms with E-state index in [9.17, 15) is 10.5 Å². The fourth-order valence-corrected chi connectivity index (χ4v) is 5.59. The Morgan fingerprint density at radius 3 is 1.39 bits per heavy atom. The third-order valence-electron chi connectivity index (χ3n) is 6.90. The molecule has 0 spiro atoms. The molecule has 0 aromatic heterocycles. The summed E-state index contributed by atoms with van der Waals surface area (Å²) < 4.78 is 0. The van der Waals surface area contributed by atoms with E-state index in [0.29, 0.717) is 11.4 Å². The molecule has 5 rings (SSSR count). The van der Waals surface area contributed by atoms with Crippen molar-refractivity contribution < 1.29 is 0 Å². The maximum Gasteiger partial charge on any atom is 0.103 e. The summed E-state index contributed by atoms with van der Waals surface area (Å²) >= 11 is 13.6. The molecule has 0 aliphatic carbocycles. The lowest BCUT2D eigenvalue weighted by Gasteiger charge is -2.24. The molecule has 0 aliphatic rings. The number of hydrogen-bond donors (Lipinski definition) is 2. The van der Waals surface area contributed by atoms with Crippen LogP contribution in [0.4, 0.5) is 11.4 Å². The van der Waals surface area contributed by atoms with Gasteiger partial charge in [-0.15, -0.1) is 0 Å². The number of nitriles is 2. The molecule has 38 heavy (non-hydrogen) atoms. The van der Waals surface area contributed by atoms with Crippen molar-refractivity contribution in [3.05, 3.63) is 117 Å². The first-order valence-electron chi connectivity index (χ1n) is 12.3. The summed E-state index contributed by atoms with van der Waals surface area (Å²) in [5.74, 6) is 0. The van der Waals surface area contributed by atoms with Gasteiger partial charge in [0.05, 0.1) is 32.5 Å². The fraction of sp³-hybridized carbons (Fsp3) is 0.125. The van der Waals surface area contributed by atoms with Gasteiger partial charge in [0.1, 0.15) is 12.1 Å². The Bertz CT molecular complexity index is 1630. The minimum atomic E-state index is -0.196. The first kappa shape index (κ1) is 25.4. The zero-order chi connectivity index (χ0) is 26.8. The fourth-order valence-electron chi connectivity index (χ4n) is 5.01. The molecule has 0 saturated carbocycles. The Hall–Kier alpha value is -4.22. The number of fused-ring (bicyclic) bond motifs is 2. The van der Waals surface area contributed by atoms with Crippen molar-refractivity contribution in [2.45, 2.75) is 25.9 Å². The van der Waals surface area contributed by atoms with E-state index in [1.165, 1.54) is 0 Å². The molecule has 5 aromatic carbocycles. The Balaban J connectivity index is 1.59. The molecule has 0 amide bonds. The van der Waals surface area contributed by atoms with Crippen LogP contribution in [0.2, 0.25) is 10.0 Å². The summed E-state index contributed by atoms with van der Waals surface area (Å²) in [6.07, 6.45) is 0. The number of nitrogens with zero attached hydrogens (tertiary/aromatic N) is 2. The normalized spacial score (nSPS) is 12.5. The van der Waals surface area contributed by atoms with Gasteiger partial charge in [-0.2, -0.15) is 10.5 Å². The van der Waals surface area contributed by atoms with Crippen molar-refractivity contribution >= 4 is 56.1 Å². The van der Waals surface area contributed by atoms with Crippen LogP contribution in [0.3, 0.4) is 0 Å². The van der Waals surface area contributed by atoms with E-state index in [1.807, 2.05) is 62.4 Å². The van der Waals surface area contributed by atoms with Crippen LogP contribution >= 0.6 is 23.2 Å². The first-order chi connectivity index (χ1) is 18.4. The van der Waals surface area contributed by atoms with Gasteiger partial charge in [0.15, 0.2) is 0 Å². The molecule has 4 nitrogen and oxygen atoms in total. The number of rotatable bonds is 6. The Kier molecular flexibility index (Phi) is 7.12. The third kappa shape index (κ3) is 4.50. The van der Waals surface area contributed by atoms with Gasteiger partial charge in [0, 0.05) is 12.1 Å². The molecule has 0 bridgehead atoms. The molecule has 0 heterocycles. The van der Waals surface area contributed by atoms with Crippen molar-refractivity contribution in [2.24, 2.45) is 0 Å². The van der Waals surface area contributed by atoms with E-state index < -0.39 is 0 Å². The zero-order valence-electron chi connectivity index (χ0n) is 20.9. The zero-order valence-corrected chi connectivity index (χ0v) is 22.4. The SMILES string of the molecule is CC(Nc1c(Cl)c(NC(C)c2cccc3ccccc23)c(C#N)c(Cl)c1C#N)c1cccc2ccccc12. The topological polar surface area (TPSA) is 71.6 Å². The molecule has 2 N–H and O–H groups in total. The van der Waals surface area contributed by atoms with Gasteiger partial charge in [0.2, 0.25) is 0 Å². The summed E-state index contributed by atoms with van der Waals surface area (Å²) in [7, 11) is 0. The van der Waals surface area contributed by atoms with Crippen LogP contribution < -0.4 is 10.6 Å². The van der Waals surface area contributed by atoms with Gasteiger partial charge in [-0.05, 0) is 46.5 Å². The van der Waals surface area contributed by atoms with Crippen molar-refractivity contribution in [1.29, 1.82) is 10.5 Å². The van der Waals surface area contributed by atoms with E-state index in [-0.39, 0.29) is 33.3 Å². The van der Waals surface area contributed by atoms with Gasteiger partial charge >= 0.3 is 0 Å². The monoisotopic (exact) mass is 534 g/mol. The van der Waals surface area contributed by atoms with Gasteiger partial charge in [0.25, 0.3) is 0 Å². The van der Waals surface area contributed by atoms with Gasteiger partial charge in [-0.25, -0.2) is 0 Å². The second-order valence-electron chi connectivity index (χ2n) is 9.22. The van der Waals surface area contributed by atoms with Crippen molar-refractivity contribution in [3.8, 4) is 12.1 Å². The smallest absolute Gasteiger partial charge is 0.103 e. The Morgan fingerprint density at radius 2 is 0.974 bits per heavy atom. The third-order valence-corrected chi connectivity index (χ3v) is 7.66. The number of halogens is 2. The van der Waals surface area contributed by atoms with E-state index in [4.69, 9.17) is 23.2 Å². The predicted octanol–water partition coefficient (Wildman–Crippen LogP) is 9.39. The highest BCUT2D eigenvalue weighted by Crippen LogP contribution is 2.44. The van der Waals surface area contributed by atoms with Crippen molar-refractivity contribution in [3.63, 3.8) is 0 Å². The van der Waals surface area contributed by atoms with E-state index in [0.717, 1.165) is 32.7 Å². The minimum absolute atomic E-state index is 0.0691. The van der Waals surface area contributed by atoms with E-state index >= 15 is 0 Å². The van der Waals surface area contributed by atoms with Crippen LogP contribution in [-0.4, -0.2) is 0 Å². The molecule has 0 fully saturated rings. The van der Waals surface area contributed by atoms with Crippen LogP contribution in [0, 0.1) is 22.7 Å². The summed E-state index contributed by atoms with van der Waals surface area (Å²) in [4.78, 5) is 0. The van der Waals surface area contributed by atoms with Crippen molar-refractivity contribution in [2.75, 3.05) is 10.6 Å². The summed E-state index contributed by atoms with van der Waals surface area (Å²) in [6.45, 7) is 4.02. The van der Waals surface area contributed by atoms with Crippen molar-refractivity contribution in [1.82, 2.24) is 0 Å². The van der Waals surface area contributed by atoms with E-state index in [1.54, 1.807) is 0 Å². The highest BCUT2D eigenvalue weighted by Gasteiger charge is 2.25. The maximum absolute atomic E-state index is 10.0. The van der Waals surface area contributed by atoms with Crippen LogP contribution in [-0.2, 0) is 0 Å². The standard InChI is InChI=1S/C32H24Cl2N4/c1-19(23-15-7-11-21-9-3-5-13-25(21)23)37-31-27(17-35)29(33)28(18-36)32(30(31)34)38-20(2)24-16-8-12-22-10-4-6-14-26(22)24/h3-16,19-20,37-38H,1-2H3. The Morgan fingerprint density at radius 1 is 0.579 bits per heavy atom. The second-order valence-corrected chi connectivity index (χ2v) is 9.98. The molecule has 0 aliphatic heterocycles. The molecule has 6 heteroatoms. The molecular formula is C32H24Cl2N4. The lowest BCUT2D eigenvalue weighted by atomic mass is 9.98. The van der Waals surface area contributed by atoms with E-state index in [2.05, 4.69) is 59.2 Å². The highest BCUT2D eigenvalue weighted by molar-refractivity contribution is 6.40. The maximum atomic E-state index is 10.0. The molecule has 2 atom stereocenters. The quantitative estimate of drug-likeness (QED) is 0.227. The van der Waals surface area contributed by atoms with Gasteiger partial charge < -0.3 is 10.6 Å². The largest absolute Gasteiger partial charge is 0.376 e. The van der Waals surface area contributed by atoms with Gasteiger partial charge in [-0.3, -0.25) is 0 Å². The molecule has 0 radical (unpaired) electrons. The molecule has 2 unspecified atom stereocenters. The van der Waals surface area contributed by atoms with Crippen LogP contribution in [0.15, 0.2) is 84.9 Å². The molecule has 5 aromatic rings. The number of nitrogens with one attached hydrogen (secondary N) is 2. The number of hydrogen-bond acceptors (Lipinski definition) is 4. The molecular weight excluding hydrogens is 511 g/mol. The Labute approximate surface area is 232 Å². The first-order valence-corrected chi connectivity index (χ1v) is 13.0. The number of anilines is 2. The van der Waals surface area contributed by atoms with Gasteiger partial charge in [-0.1, -0.05) is 108 Å². The summed E-state index contributed by atoms with van der Waals surface area (Å²) in [5.41, 5.74) is 3.19. The van der Waals surface area contributed by atoms with Crippen LogP contribution in [0.25, 0.3) is 21.5 Å². The average Bonchev–Trinajstić information content (AvgIpc) is 2.95.